The number of halogens is 1. The van der Waals surface area contributed by atoms with E-state index < -0.39 is 0 Å². The molecule has 2 N–H and O–H groups in total. The van der Waals surface area contributed by atoms with Crippen LogP contribution in [0.3, 0.4) is 0 Å². The Labute approximate surface area is 141 Å². The van der Waals surface area contributed by atoms with E-state index in [2.05, 4.69) is 29.5 Å². The van der Waals surface area contributed by atoms with Crippen molar-refractivity contribution in [3.8, 4) is 5.75 Å². The summed E-state index contributed by atoms with van der Waals surface area (Å²) in [6.07, 6.45) is 1.61. The molecule has 122 valence electrons. The van der Waals surface area contributed by atoms with Crippen molar-refractivity contribution in [2.75, 3.05) is 24.3 Å². The highest BCUT2D eigenvalue weighted by atomic mass is 35.5. The molecule has 0 aliphatic rings. The van der Waals surface area contributed by atoms with Crippen molar-refractivity contribution in [2.45, 2.75) is 13.8 Å². The zero-order chi connectivity index (χ0) is 16.8. The second-order valence-electron chi connectivity index (χ2n) is 5.51. The number of carbonyl (C=O) groups is 1. The van der Waals surface area contributed by atoms with Gasteiger partial charge in [0, 0.05) is 24.1 Å². The van der Waals surface area contributed by atoms with Crippen LogP contribution in [0, 0.1) is 5.92 Å². The third-order valence-corrected chi connectivity index (χ3v) is 3.41. The van der Waals surface area contributed by atoms with Gasteiger partial charge in [-0.2, -0.15) is 0 Å². The lowest BCUT2D eigenvalue weighted by atomic mass is 10.2. The minimum absolute atomic E-state index is 0.292. The van der Waals surface area contributed by atoms with E-state index in [4.69, 9.17) is 16.3 Å². The molecule has 0 radical (unpaired) electrons. The quantitative estimate of drug-likeness (QED) is 0.836. The van der Waals surface area contributed by atoms with Crippen molar-refractivity contribution in [1.29, 1.82) is 0 Å². The van der Waals surface area contributed by atoms with Gasteiger partial charge in [-0.1, -0.05) is 25.4 Å². The van der Waals surface area contributed by atoms with Crippen molar-refractivity contribution < 1.29 is 9.53 Å². The molecule has 0 fully saturated rings. The highest BCUT2D eigenvalue weighted by Gasteiger charge is 2.10. The summed E-state index contributed by atoms with van der Waals surface area (Å²) < 4.78 is 5.09. The standard InChI is InChI=1S/C17H20ClN3O2/c1-11(2)10-20-12-6-7-19-15(9-12)17(22)21-13-4-5-16(23-3)14(18)8-13/h4-9,11H,10H2,1-3H3,(H,19,20)(H,21,22). The predicted molar refractivity (Wildman–Crippen MR) is 93.5 cm³/mol. The van der Waals surface area contributed by atoms with Gasteiger partial charge < -0.3 is 15.4 Å². The molecule has 0 unspecified atom stereocenters. The van der Waals surface area contributed by atoms with E-state index in [1.807, 2.05) is 6.07 Å². The maximum Gasteiger partial charge on any atom is 0.274 e. The molecule has 23 heavy (non-hydrogen) atoms. The highest BCUT2D eigenvalue weighted by molar-refractivity contribution is 6.32. The summed E-state index contributed by atoms with van der Waals surface area (Å²) in [6, 6.07) is 8.63. The Morgan fingerprint density at radius 1 is 1.26 bits per heavy atom. The molecule has 2 aromatic rings. The van der Waals surface area contributed by atoms with E-state index in [1.165, 1.54) is 0 Å². The Bertz CT molecular complexity index is 689. The maximum atomic E-state index is 12.3. The van der Waals surface area contributed by atoms with Gasteiger partial charge >= 0.3 is 0 Å². The van der Waals surface area contributed by atoms with Gasteiger partial charge in [0.25, 0.3) is 5.91 Å². The lowest BCUT2D eigenvalue weighted by Gasteiger charge is -2.10. The molecular weight excluding hydrogens is 314 g/mol. The summed E-state index contributed by atoms with van der Waals surface area (Å²) in [7, 11) is 1.54. The molecule has 1 heterocycles. The lowest BCUT2D eigenvalue weighted by Crippen LogP contribution is -2.15. The molecule has 5 nitrogen and oxygen atoms in total. The molecule has 1 amide bonds. The van der Waals surface area contributed by atoms with Crippen LogP contribution < -0.4 is 15.4 Å². The first-order chi connectivity index (χ1) is 11.0. The van der Waals surface area contributed by atoms with E-state index in [-0.39, 0.29) is 5.91 Å². The van der Waals surface area contributed by atoms with Gasteiger partial charge in [0.15, 0.2) is 0 Å². The van der Waals surface area contributed by atoms with Crippen molar-refractivity contribution in [3.63, 3.8) is 0 Å². The second-order valence-corrected chi connectivity index (χ2v) is 5.92. The molecule has 0 saturated carbocycles. The largest absolute Gasteiger partial charge is 0.495 e. The lowest BCUT2D eigenvalue weighted by molar-refractivity contribution is 0.102. The third kappa shape index (κ3) is 4.86. The third-order valence-electron chi connectivity index (χ3n) is 3.12. The van der Waals surface area contributed by atoms with Crippen LogP contribution in [-0.2, 0) is 0 Å². The summed E-state index contributed by atoms with van der Waals surface area (Å²) in [6.45, 7) is 5.07. The van der Waals surface area contributed by atoms with Crippen molar-refractivity contribution in [1.82, 2.24) is 4.98 Å². The average Bonchev–Trinajstić information content (AvgIpc) is 2.53. The summed E-state index contributed by atoms with van der Waals surface area (Å²) in [4.78, 5) is 16.4. The number of carbonyl (C=O) groups excluding carboxylic acids is 1. The second kappa shape index (κ2) is 7.83. The minimum Gasteiger partial charge on any atom is -0.495 e. The fourth-order valence-corrected chi connectivity index (χ4v) is 2.18. The fraction of sp³-hybridized carbons (Fsp3) is 0.294. The van der Waals surface area contributed by atoms with Crippen LogP contribution in [0.25, 0.3) is 0 Å². The van der Waals surface area contributed by atoms with Gasteiger partial charge in [-0.15, -0.1) is 0 Å². The molecule has 6 heteroatoms. The predicted octanol–water partition coefficient (Wildman–Crippen LogP) is 4.06. The van der Waals surface area contributed by atoms with Crippen LogP contribution in [0.5, 0.6) is 5.75 Å². The van der Waals surface area contributed by atoms with Gasteiger partial charge in [0.05, 0.1) is 12.1 Å². The van der Waals surface area contributed by atoms with Crippen LogP contribution in [0.4, 0.5) is 11.4 Å². The number of rotatable bonds is 6. The summed E-state index contributed by atoms with van der Waals surface area (Å²) in [5, 5.41) is 6.48. The zero-order valence-corrected chi connectivity index (χ0v) is 14.1. The van der Waals surface area contributed by atoms with E-state index in [9.17, 15) is 4.79 Å². The molecule has 0 spiro atoms. The number of anilines is 2. The topological polar surface area (TPSA) is 63.2 Å². The molecule has 0 atom stereocenters. The van der Waals surface area contributed by atoms with Gasteiger partial charge in [0.1, 0.15) is 11.4 Å². The fourth-order valence-electron chi connectivity index (χ4n) is 1.93. The number of aromatic nitrogens is 1. The highest BCUT2D eigenvalue weighted by Crippen LogP contribution is 2.27. The molecule has 0 saturated heterocycles. The smallest absolute Gasteiger partial charge is 0.274 e. The number of pyridine rings is 1. The average molecular weight is 334 g/mol. The van der Waals surface area contributed by atoms with Gasteiger partial charge in [-0.05, 0) is 36.2 Å². The Kier molecular flexibility index (Phi) is 5.82. The number of hydrogen-bond acceptors (Lipinski definition) is 4. The molecular formula is C17H20ClN3O2. The van der Waals surface area contributed by atoms with Crippen molar-refractivity contribution in [2.24, 2.45) is 5.92 Å². The first-order valence-corrected chi connectivity index (χ1v) is 7.72. The number of ether oxygens (including phenoxy) is 1. The van der Waals surface area contributed by atoms with Crippen LogP contribution in [-0.4, -0.2) is 24.5 Å². The van der Waals surface area contributed by atoms with Crippen LogP contribution in [0.1, 0.15) is 24.3 Å². The first kappa shape index (κ1) is 17.1. The number of nitrogens with one attached hydrogen (secondary N) is 2. The zero-order valence-electron chi connectivity index (χ0n) is 13.4. The number of benzene rings is 1. The monoisotopic (exact) mass is 333 g/mol. The first-order valence-electron chi connectivity index (χ1n) is 7.34. The molecule has 0 bridgehead atoms. The van der Waals surface area contributed by atoms with E-state index in [0.29, 0.717) is 28.1 Å². The van der Waals surface area contributed by atoms with Gasteiger partial charge in [-0.25, -0.2) is 0 Å². The minimum atomic E-state index is -0.292. The van der Waals surface area contributed by atoms with Gasteiger partial charge in [0.2, 0.25) is 0 Å². The van der Waals surface area contributed by atoms with Crippen molar-refractivity contribution >= 4 is 28.9 Å². The number of nitrogens with zero attached hydrogens (tertiary/aromatic N) is 1. The maximum absolute atomic E-state index is 12.3. The Morgan fingerprint density at radius 2 is 2.04 bits per heavy atom. The SMILES string of the molecule is COc1ccc(NC(=O)c2cc(NCC(C)C)ccn2)cc1Cl. The number of hydrogen-bond donors (Lipinski definition) is 2. The van der Waals surface area contributed by atoms with Gasteiger partial charge in [-0.3, -0.25) is 9.78 Å². The van der Waals surface area contributed by atoms with Crippen molar-refractivity contribution in [3.05, 3.63) is 47.2 Å². The number of methoxy groups -OCH3 is 1. The van der Waals surface area contributed by atoms with Crippen LogP contribution in [0.15, 0.2) is 36.5 Å². The normalized spacial score (nSPS) is 10.5. The molecule has 0 aliphatic carbocycles. The molecule has 1 aromatic heterocycles. The number of amides is 1. The summed E-state index contributed by atoms with van der Waals surface area (Å²) in [5.74, 6) is 0.781. The molecule has 1 aromatic carbocycles. The molecule has 0 aliphatic heterocycles. The Balaban J connectivity index is 2.08. The van der Waals surface area contributed by atoms with E-state index in [0.717, 1.165) is 12.2 Å². The summed E-state index contributed by atoms with van der Waals surface area (Å²) in [5.41, 5.74) is 1.79. The van der Waals surface area contributed by atoms with E-state index in [1.54, 1.807) is 37.6 Å². The Morgan fingerprint density at radius 3 is 2.70 bits per heavy atom. The van der Waals surface area contributed by atoms with Crippen LogP contribution >= 0.6 is 11.6 Å². The Hall–Kier alpha value is -2.27. The van der Waals surface area contributed by atoms with Crippen LogP contribution in [0.2, 0.25) is 5.02 Å². The summed E-state index contributed by atoms with van der Waals surface area (Å²) >= 11 is 6.05. The molecule has 2 rings (SSSR count). The van der Waals surface area contributed by atoms with E-state index >= 15 is 0 Å².